The molecule has 0 fully saturated rings. The van der Waals surface area contributed by atoms with Crippen LogP contribution in [-0.2, 0) is 11.2 Å². The second-order valence-electron chi connectivity index (χ2n) is 4.47. The van der Waals surface area contributed by atoms with Gasteiger partial charge in [0.25, 0.3) is 0 Å². The summed E-state index contributed by atoms with van der Waals surface area (Å²) in [6.07, 6.45) is 3.03. The number of hydrogen-bond acceptors (Lipinski definition) is 3. The normalized spacial score (nSPS) is 17.1. The molecule has 4 heteroatoms. The van der Waals surface area contributed by atoms with Crippen LogP contribution >= 0.6 is 0 Å². The Morgan fingerprint density at radius 3 is 3.06 bits per heavy atom. The molecule has 0 radical (unpaired) electrons. The molecular formula is C14H18O4. The SMILES string of the molecule is CCCCCOc1ccc2c(c1)OC(C(=O)O)C2. The second kappa shape index (κ2) is 5.76. The fraction of sp³-hybridized carbons (Fsp3) is 0.500. The lowest BCUT2D eigenvalue weighted by Crippen LogP contribution is -2.24. The van der Waals surface area contributed by atoms with Crippen LogP contribution in [0.2, 0.25) is 0 Å². The molecule has 1 N–H and O–H groups in total. The summed E-state index contributed by atoms with van der Waals surface area (Å²) in [4.78, 5) is 10.8. The highest BCUT2D eigenvalue weighted by Crippen LogP contribution is 2.32. The molecule has 0 saturated heterocycles. The van der Waals surface area contributed by atoms with Crippen molar-refractivity contribution in [1.82, 2.24) is 0 Å². The molecule has 98 valence electrons. The van der Waals surface area contributed by atoms with E-state index in [9.17, 15) is 4.79 Å². The summed E-state index contributed by atoms with van der Waals surface area (Å²) in [5.74, 6) is 0.461. The van der Waals surface area contributed by atoms with Gasteiger partial charge in [0, 0.05) is 12.5 Å². The number of rotatable bonds is 6. The van der Waals surface area contributed by atoms with Crippen molar-refractivity contribution in [3.05, 3.63) is 23.8 Å². The molecule has 1 aliphatic rings. The summed E-state index contributed by atoms with van der Waals surface area (Å²) < 4.78 is 11.0. The van der Waals surface area contributed by atoms with Crippen molar-refractivity contribution in [2.75, 3.05) is 6.61 Å². The van der Waals surface area contributed by atoms with E-state index in [0.717, 1.165) is 30.6 Å². The topological polar surface area (TPSA) is 55.8 Å². The van der Waals surface area contributed by atoms with Gasteiger partial charge in [-0.05, 0) is 18.1 Å². The molecule has 1 heterocycles. The first-order valence-electron chi connectivity index (χ1n) is 6.36. The minimum absolute atomic E-state index is 0.431. The number of fused-ring (bicyclic) bond motifs is 1. The predicted octanol–water partition coefficient (Wildman–Crippen LogP) is 2.64. The Morgan fingerprint density at radius 1 is 1.50 bits per heavy atom. The maximum atomic E-state index is 10.8. The van der Waals surface area contributed by atoms with Gasteiger partial charge in [-0.1, -0.05) is 25.8 Å². The van der Waals surface area contributed by atoms with Gasteiger partial charge in [0.1, 0.15) is 11.5 Å². The number of carbonyl (C=O) groups is 1. The van der Waals surface area contributed by atoms with E-state index in [1.165, 1.54) is 0 Å². The van der Waals surface area contributed by atoms with Crippen molar-refractivity contribution >= 4 is 5.97 Å². The number of unbranched alkanes of at least 4 members (excludes halogenated alkanes) is 2. The van der Waals surface area contributed by atoms with Crippen LogP contribution in [-0.4, -0.2) is 23.8 Å². The molecule has 1 aromatic rings. The Bertz CT molecular complexity index is 428. The molecule has 18 heavy (non-hydrogen) atoms. The zero-order valence-electron chi connectivity index (χ0n) is 10.5. The van der Waals surface area contributed by atoms with Crippen molar-refractivity contribution in [2.45, 2.75) is 38.7 Å². The highest BCUT2D eigenvalue weighted by Gasteiger charge is 2.28. The highest BCUT2D eigenvalue weighted by molar-refractivity contribution is 5.74. The van der Waals surface area contributed by atoms with Gasteiger partial charge < -0.3 is 14.6 Å². The molecule has 4 nitrogen and oxygen atoms in total. The van der Waals surface area contributed by atoms with Gasteiger partial charge in [-0.3, -0.25) is 0 Å². The first-order valence-corrected chi connectivity index (χ1v) is 6.36. The molecule has 0 saturated carbocycles. The van der Waals surface area contributed by atoms with E-state index in [1.54, 1.807) is 6.07 Å². The van der Waals surface area contributed by atoms with Crippen LogP contribution < -0.4 is 9.47 Å². The Morgan fingerprint density at radius 2 is 2.33 bits per heavy atom. The molecule has 1 aromatic carbocycles. The monoisotopic (exact) mass is 250 g/mol. The quantitative estimate of drug-likeness (QED) is 0.788. The van der Waals surface area contributed by atoms with Crippen LogP contribution in [0.15, 0.2) is 18.2 Å². The lowest BCUT2D eigenvalue weighted by molar-refractivity contribution is -0.144. The summed E-state index contributed by atoms with van der Waals surface area (Å²) in [5.41, 5.74) is 0.934. The fourth-order valence-electron chi connectivity index (χ4n) is 1.98. The van der Waals surface area contributed by atoms with Crippen LogP contribution in [0.3, 0.4) is 0 Å². The third-order valence-corrected chi connectivity index (χ3v) is 3.01. The largest absolute Gasteiger partial charge is 0.493 e. The number of ether oxygens (including phenoxy) is 2. The van der Waals surface area contributed by atoms with Crippen molar-refractivity contribution in [1.29, 1.82) is 0 Å². The van der Waals surface area contributed by atoms with Crippen LogP contribution in [0, 0.1) is 0 Å². The number of benzene rings is 1. The number of carboxylic acids is 1. The van der Waals surface area contributed by atoms with E-state index in [0.29, 0.717) is 18.8 Å². The average Bonchev–Trinajstić information content (AvgIpc) is 2.78. The van der Waals surface area contributed by atoms with E-state index < -0.39 is 12.1 Å². The first kappa shape index (κ1) is 12.7. The van der Waals surface area contributed by atoms with Crippen molar-refractivity contribution in [3.63, 3.8) is 0 Å². The van der Waals surface area contributed by atoms with E-state index in [1.807, 2.05) is 12.1 Å². The Kier molecular flexibility index (Phi) is 4.07. The van der Waals surface area contributed by atoms with Crippen LogP contribution in [0.4, 0.5) is 0 Å². The zero-order valence-corrected chi connectivity index (χ0v) is 10.5. The van der Waals surface area contributed by atoms with Gasteiger partial charge in [0.05, 0.1) is 6.61 Å². The molecular weight excluding hydrogens is 232 g/mol. The Balaban J connectivity index is 1.93. The summed E-state index contributed by atoms with van der Waals surface area (Å²) in [6, 6.07) is 5.54. The van der Waals surface area contributed by atoms with Crippen molar-refractivity contribution in [2.24, 2.45) is 0 Å². The van der Waals surface area contributed by atoms with E-state index in [4.69, 9.17) is 14.6 Å². The first-order chi connectivity index (χ1) is 8.70. The molecule has 1 atom stereocenters. The molecule has 1 unspecified atom stereocenters. The summed E-state index contributed by atoms with van der Waals surface area (Å²) in [5, 5.41) is 8.90. The number of carboxylic acid groups (broad SMARTS) is 1. The predicted molar refractivity (Wildman–Crippen MR) is 67.2 cm³/mol. The Labute approximate surface area is 107 Å². The van der Waals surface area contributed by atoms with Gasteiger partial charge in [0.15, 0.2) is 6.10 Å². The van der Waals surface area contributed by atoms with Gasteiger partial charge in [-0.15, -0.1) is 0 Å². The summed E-state index contributed by atoms with van der Waals surface area (Å²) >= 11 is 0. The third kappa shape index (κ3) is 2.94. The van der Waals surface area contributed by atoms with Gasteiger partial charge in [-0.2, -0.15) is 0 Å². The van der Waals surface area contributed by atoms with E-state index in [2.05, 4.69) is 6.92 Å². The highest BCUT2D eigenvalue weighted by atomic mass is 16.5. The van der Waals surface area contributed by atoms with Gasteiger partial charge >= 0.3 is 5.97 Å². The maximum absolute atomic E-state index is 10.8. The fourth-order valence-corrected chi connectivity index (χ4v) is 1.98. The molecule has 0 amide bonds. The molecule has 0 aliphatic carbocycles. The lowest BCUT2D eigenvalue weighted by Gasteiger charge is -2.07. The van der Waals surface area contributed by atoms with E-state index >= 15 is 0 Å². The third-order valence-electron chi connectivity index (χ3n) is 3.01. The molecule has 0 bridgehead atoms. The van der Waals surface area contributed by atoms with Crippen molar-refractivity contribution < 1.29 is 19.4 Å². The summed E-state index contributed by atoms with van der Waals surface area (Å²) in [7, 11) is 0. The maximum Gasteiger partial charge on any atom is 0.345 e. The Hall–Kier alpha value is -1.71. The number of aliphatic carboxylic acids is 1. The second-order valence-corrected chi connectivity index (χ2v) is 4.47. The lowest BCUT2D eigenvalue weighted by atomic mass is 10.1. The molecule has 1 aliphatic heterocycles. The van der Waals surface area contributed by atoms with Crippen LogP contribution in [0.5, 0.6) is 11.5 Å². The average molecular weight is 250 g/mol. The van der Waals surface area contributed by atoms with E-state index in [-0.39, 0.29) is 0 Å². The minimum Gasteiger partial charge on any atom is -0.493 e. The molecule has 0 spiro atoms. The zero-order chi connectivity index (χ0) is 13.0. The van der Waals surface area contributed by atoms with Gasteiger partial charge in [-0.25, -0.2) is 4.79 Å². The molecule has 0 aromatic heterocycles. The standard InChI is InChI=1S/C14H18O4/c1-2-3-4-7-17-11-6-5-10-8-13(14(15)16)18-12(10)9-11/h5-6,9,13H,2-4,7-8H2,1H3,(H,15,16). The summed E-state index contributed by atoms with van der Waals surface area (Å²) in [6.45, 7) is 2.84. The van der Waals surface area contributed by atoms with Crippen LogP contribution in [0.25, 0.3) is 0 Å². The molecule has 2 rings (SSSR count). The number of hydrogen-bond donors (Lipinski definition) is 1. The smallest absolute Gasteiger partial charge is 0.345 e. The minimum atomic E-state index is -0.920. The van der Waals surface area contributed by atoms with Crippen molar-refractivity contribution in [3.8, 4) is 11.5 Å². The van der Waals surface area contributed by atoms with Crippen LogP contribution in [0.1, 0.15) is 31.7 Å². The van der Waals surface area contributed by atoms with Gasteiger partial charge in [0.2, 0.25) is 0 Å².